The number of ether oxygens (including phenoxy) is 2. The van der Waals surface area contributed by atoms with Crippen LogP contribution < -0.4 is 14.4 Å². The van der Waals surface area contributed by atoms with Crippen LogP contribution in [0.25, 0.3) is 16.3 Å². The molecule has 0 atom stereocenters. The smallest absolute Gasteiger partial charge is 0.333 e. The lowest BCUT2D eigenvalue weighted by molar-refractivity contribution is -0.669. The summed E-state index contributed by atoms with van der Waals surface area (Å²) in [7, 11) is 0. The van der Waals surface area contributed by atoms with Gasteiger partial charge in [0.25, 0.3) is 5.01 Å². The summed E-state index contributed by atoms with van der Waals surface area (Å²) in [5, 5.41) is 3.28. The molecule has 7 nitrogen and oxygen atoms in total. The fraction of sp³-hybridized carbons (Fsp3) is 0.170. The summed E-state index contributed by atoms with van der Waals surface area (Å²) in [6.45, 7) is 12.0. The zero-order valence-electron chi connectivity index (χ0n) is 32.3. The second kappa shape index (κ2) is 18.5. The van der Waals surface area contributed by atoms with Gasteiger partial charge >= 0.3 is 11.9 Å². The highest BCUT2D eigenvalue weighted by Gasteiger charge is 2.29. The van der Waals surface area contributed by atoms with Gasteiger partial charge in [-0.15, -0.1) is 0 Å². The maximum Gasteiger partial charge on any atom is 0.333 e. The van der Waals surface area contributed by atoms with E-state index >= 15 is 0 Å². The van der Waals surface area contributed by atoms with Crippen LogP contribution in [0.4, 0.5) is 17.1 Å². The summed E-state index contributed by atoms with van der Waals surface area (Å²) in [5.41, 5.74) is 8.20. The number of thioether (sulfide) groups is 1. The Bertz CT molecular complexity index is 2490. The molecule has 0 fully saturated rings. The van der Waals surface area contributed by atoms with Gasteiger partial charge in [-0.25, -0.2) is 9.59 Å². The molecule has 1 aliphatic carbocycles. The maximum absolute atomic E-state index is 12.2. The minimum Gasteiger partial charge on any atom is -0.460 e. The van der Waals surface area contributed by atoms with E-state index in [2.05, 4.69) is 100 Å². The lowest BCUT2D eigenvalue weighted by Gasteiger charge is -2.28. The number of para-hydroxylation sites is 2. The minimum atomic E-state index is -0.412. The van der Waals surface area contributed by atoms with Crippen molar-refractivity contribution in [3.63, 3.8) is 0 Å². The third-order valence-corrected chi connectivity index (χ3v) is 12.3. The molecular weight excluding hydrogens is 806 g/mol. The monoisotopic (exact) mass is 846 g/mol. The molecule has 11 heteroatoms. The quantitative estimate of drug-likeness (QED) is 0.0626. The van der Waals surface area contributed by atoms with Crippen molar-refractivity contribution in [2.45, 2.75) is 38.1 Å². The number of esters is 2. The van der Waals surface area contributed by atoms with Gasteiger partial charge in [-0.05, 0) is 105 Å². The third kappa shape index (κ3) is 9.35. The van der Waals surface area contributed by atoms with Crippen LogP contribution in [-0.2, 0) is 25.6 Å². The van der Waals surface area contributed by atoms with E-state index in [4.69, 9.17) is 32.7 Å². The second-order valence-electron chi connectivity index (χ2n) is 13.8. The van der Waals surface area contributed by atoms with Crippen molar-refractivity contribution in [2.75, 3.05) is 29.6 Å². The Kier molecular flexibility index (Phi) is 13.0. The normalized spacial score (nSPS) is 15.1. The van der Waals surface area contributed by atoms with Gasteiger partial charge in [0.1, 0.15) is 11.3 Å². The van der Waals surface area contributed by atoms with E-state index in [1.807, 2.05) is 48.5 Å². The topological polar surface area (TPSA) is 63.0 Å². The van der Waals surface area contributed by atoms with Gasteiger partial charge in [-0.2, -0.15) is 4.57 Å². The van der Waals surface area contributed by atoms with Crippen LogP contribution in [0.2, 0.25) is 10.0 Å². The summed E-state index contributed by atoms with van der Waals surface area (Å²) in [6, 6.07) is 32.6. The third-order valence-electron chi connectivity index (χ3n) is 9.56. The van der Waals surface area contributed by atoms with Crippen LogP contribution in [0.15, 0.2) is 166 Å². The standard InChI is InChI=1S/C47H42Cl2N3O4S2/c1-31(2)46(53)55-27-25-50-39-29-35(48)19-21-41(39)57-43(50)23-17-33-15-16-34(45(33)52(37-11-7-5-8-12-37)38-13-9-6-10-14-38)18-24-44-51(26-28-56-47(54)32(3)4)40-30-36(49)20-22-42(40)58-44/h5-14,17-24,29-30H,1,3,15-16,25-28H2,2,4H3/q+1. The average molecular weight is 848 g/mol. The number of hydrogen-bond donors (Lipinski definition) is 0. The number of anilines is 3. The Morgan fingerprint density at radius 3 is 2.12 bits per heavy atom. The molecule has 2 heterocycles. The van der Waals surface area contributed by atoms with E-state index in [0.717, 1.165) is 60.7 Å². The van der Waals surface area contributed by atoms with E-state index in [0.29, 0.717) is 34.3 Å². The zero-order chi connectivity index (χ0) is 40.8. The second-order valence-corrected chi connectivity index (χ2v) is 16.8. The van der Waals surface area contributed by atoms with E-state index in [1.54, 1.807) is 36.9 Å². The number of carbonyl (C=O) groups is 2. The molecule has 0 N–H and O–H groups in total. The molecule has 0 unspecified atom stereocenters. The number of thiazole rings is 1. The highest BCUT2D eigenvalue weighted by Crippen LogP contribution is 2.48. The average Bonchev–Trinajstić information content (AvgIpc) is 3.89. The Morgan fingerprint density at radius 1 is 0.810 bits per heavy atom. The summed E-state index contributed by atoms with van der Waals surface area (Å²) < 4.78 is 14.3. The van der Waals surface area contributed by atoms with Crippen molar-refractivity contribution >= 4 is 91.6 Å². The number of fused-ring (bicyclic) bond motifs is 2. The van der Waals surface area contributed by atoms with Crippen LogP contribution in [0.1, 0.15) is 31.7 Å². The maximum atomic E-state index is 12.2. The van der Waals surface area contributed by atoms with Gasteiger partial charge in [-0.1, -0.05) is 102 Å². The molecule has 7 rings (SSSR count). The Labute approximate surface area is 357 Å². The van der Waals surface area contributed by atoms with Gasteiger partial charge in [0.05, 0.1) is 23.0 Å². The Hall–Kier alpha value is -5.32. The molecule has 58 heavy (non-hydrogen) atoms. The van der Waals surface area contributed by atoms with Crippen molar-refractivity contribution in [3.05, 3.63) is 177 Å². The van der Waals surface area contributed by atoms with E-state index in [-0.39, 0.29) is 13.2 Å². The molecular formula is C47H42Cl2N3O4S2+. The SMILES string of the molecule is C=C(C)C(=O)OCCN1C(=CC=C2CCC(C=Cc3sc4ccc(Cl)cc4[n+]3CCOC(=O)C(=C)C)=C2N(c2ccccc2)c2ccccc2)Sc2ccc(Cl)cc21. The van der Waals surface area contributed by atoms with Crippen molar-refractivity contribution in [2.24, 2.45) is 0 Å². The van der Waals surface area contributed by atoms with Gasteiger partial charge in [0, 0.05) is 49.6 Å². The van der Waals surface area contributed by atoms with Crippen LogP contribution in [0, 0.1) is 0 Å². The summed E-state index contributed by atoms with van der Waals surface area (Å²) in [6.07, 6.45) is 10.4. The summed E-state index contributed by atoms with van der Waals surface area (Å²) >= 11 is 16.3. The van der Waals surface area contributed by atoms with Crippen LogP contribution in [-0.4, -0.2) is 31.7 Å². The van der Waals surface area contributed by atoms with Crippen molar-refractivity contribution in [3.8, 4) is 0 Å². The van der Waals surface area contributed by atoms with Crippen LogP contribution >= 0.6 is 46.3 Å². The highest BCUT2D eigenvalue weighted by molar-refractivity contribution is 8.03. The van der Waals surface area contributed by atoms with Crippen LogP contribution in [0.5, 0.6) is 0 Å². The fourth-order valence-corrected chi connectivity index (χ4v) is 9.27. The number of aromatic nitrogens is 1. The Balaban J connectivity index is 1.31. The number of hydrogen-bond acceptors (Lipinski definition) is 8. The van der Waals surface area contributed by atoms with Crippen molar-refractivity contribution < 1.29 is 23.6 Å². The molecule has 0 saturated heterocycles. The lowest BCUT2D eigenvalue weighted by atomic mass is 10.1. The summed E-state index contributed by atoms with van der Waals surface area (Å²) in [4.78, 5) is 30.0. The first-order chi connectivity index (χ1) is 28.1. The predicted molar refractivity (Wildman–Crippen MR) is 240 cm³/mol. The molecule has 0 saturated carbocycles. The highest BCUT2D eigenvalue weighted by atomic mass is 35.5. The Morgan fingerprint density at radius 2 is 1.45 bits per heavy atom. The largest absolute Gasteiger partial charge is 0.460 e. The van der Waals surface area contributed by atoms with Crippen molar-refractivity contribution in [1.29, 1.82) is 0 Å². The molecule has 5 aromatic rings. The molecule has 0 radical (unpaired) electrons. The lowest BCUT2D eigenvalue weighted by Crippen LogP contribution is -2.37. The van der Waals surface area contributed by atoms with E-state index < -0.39 is 11.9 Å². The van der Waals surface area contributed by atoms with Crippen molar-refractivity contribution in [1.82, 2.24) is 0 Å². The number of nitrogens with zero attached hydrogens (tertiary/aromatic N) is 3. The molecule has 2 aliphatic rings. The zero-order valence-corrected chi connectivity index (χ0v) is 35.4. The van der Waals surface area contributed by atoms with Gasteiger partial charge in [0.2, 0.25) is 5.52 Å². The van der Waals surface area contributed by atoms with E-state index in [1.165, 1.54) is 11.1 Å². The molecule has 1 aliphatic heterocycles. The number of halogens is 2. The molecule has 0 bridgehead atoms. The number of benzene rings is 4. The number of carbonyl (C=O) groups excluding carboxylic acids is 2. The first-order valence-electron chi connectivity index (χ1n) is 18.8. The first-order valence-corrected chi connectivity index (χ1v) is 21.2. The molecule has 0 amide bonds. The van der Waals surface area contributed by atoms with E-state index in [9.17, 15) is 9.59 Å². The number of rotatable bonds is 14. The molecule has 4 aromatic carbocycles. The summed E-state index contributed by atoms with van der Waals surface area (Å²) in [5.74, 6) is -0.824. The van der Waals surface area contributed by atoms with Gasteiger partial charge < -0.3 is 19.3 Å². The molecule has 1 aromatic heterocycles. The minimum absolute atomic E-state index is 0.197. The van der Waals surface area contributed by atoms with Gasteiger partial charge in [-0.3, -0.25) is 0 Å². The fourth-order valence-electron chi connectivity index (χ4n) is 6.79. The molecule has 294 valence electrons. The first kappa shape index (κ1) is 40.9. The molecule has 0 spiro atoms. The van der Waals surface area contributed by atoms with Crippen LogP contribution in [0.3, 0.4) is 0 Å². The van der Waals surface area contributed by atoms with Gasteiger partial charge in [0.15, 0.2) is 13.2 Å². The predicted octanol–water partition coefficient (Wildman–Crippen LogP) is 12.0. The number of allylic oxidation sites excluding steroid dienone is 5.